The predicted molar refractivity (Wildman–Crippen MR) is 60.4 cm³/mol. The molecule has 0 saturated heterocycles. The highest BCUT2D eigenvalue weighted by Gasteiger charge is 2.19. The molecule has 0 aliphatic rings. The first-order valence-corrected chi connectivity index (χ1v) is 5.60. The van der Waals surface area contributed by atoms with Crippen LogP contribution in [0.15, 0.2) is 12.1 Å². The van der Waals surface area contributed by atoms with E-state index in [0.29, 0.717) is 12.4 Å². The van der Waals surface area contributed by atoms with Crippen molar-refractivity contribution in [2.45, 2.75) is 26.8 Å². The van der Waals surface area contributed by atoms with Gasteiger partial charge >= 0.3 is 0 Å². The van der Waals surface area contributed by atoms with E-state index in [-0.39, 0.29) is 11.4 Å². The van der Waals surface area contributed by atoms with Gasteiger partial charge in [-0.1, -0.05) is 6.92 Å². The summed E-state index contributed by atoms with van der Waals surface area (Å²) in [5.41, 5.74) is -0.0806. The fourth-order valence-electron chi connectivity index (χ4n) is 1.72. The van der Waals surface area contributed by atoms with Gasteiger partial charge in [-0.05, 0) is 25.5 Å². The standard InChI is InChI=1S/C12H12F3N3/c1-3-6-18-12(16-7(2)17-18)8-4-5-9(13)11(15)10(8)14/h4-5H,3,6H2,1-2H3. The maximum atomic E-state index is 13.7. The summed E-state index contributed by atoms with van der Waals surface area (Å²) in [5.74, 6) is -3.26. The van der Waals surface area contributed by atoms with Crippen molar-refractivity contribution < 1.29 is 13.2 Å². The third-order valence-corrected chi connectivity index (χ3v) is 2.49. The molecule has 2 rings (SSSR count). The lowest BCUT2D eigenvalue weighted by molar-refractivity contribution is 0.448. The van der Waals surface area contributed by atoms with Crippen molar-refractivity contribution in [2.24, 2.45) is 0 Å². The Hall–Kier alpha value is -1.85. The van der Waals surface area contributed by atoms with Crippen LogP contribution in [0.3, 0.4) is 0 Å². The number of rotatable bonds is 3. The SMILES string of the molecule is CCCn1nc(C)nc1-c1ccc(F)c(F)c1F. The van der Waals surface area contributed by atoms with Crippen LogP contribution in [0.4, 0.5) is 13.2 Å². The van der Waals surface area contributed by atoms with E-state index in [4.69, 9.17) is 0 Å². The molecule has 1 heterocycles. The summed E-state index contributed by atoms with van der Waals surface area (Å²) in [5, 5.41) is 4.09. The summed E-state index contributed by atoms with van der Waals surface area (Å²) in [6, 6.07) is 2.05. The molecule has 0 saturated carbocycles. The van der Waals surface area contributed by atoms with Gasteiger partial charge in [0.15, 0.2) is 23.3 Å². The van der Waals surface area contributed by atoms with Crippen molar-refractivity contribution in [3.63, 3.8) is 0 Å². The van der Waals surface area contributed by atoms with Gasteiger partial charge in [0, 0.05) is 6.54 Å². The summed E-state index contributed by atoms with van der Waals surface area (Å²) < 4.78 is 41.2. The summed E-state index contributed by atoms with van der Waals surface area (Å²) in [6.07, 6.45) is 0.779. The molecule has 0 unspecified atom stereocenters. The molecule has 3 nitrogen and oxygen atoms in total. The second-order valence-corrected chi connectivity index (χ2v) is 3.93. The highest BCUT2D eigenvalue weighted by atomic mass is 19.2. The quantitative estimate of drug-likeness (QED) is 0.789. The van der Waals surface area contributed by atoms with E-state index in [9.17, 15) is 13.2 Å². The van der Waals surface area contributed by atoms with E-state index in [0.717, 1.165) is 12.5 Å². The highest BCUT2D eigenvalue weighted by molar-refractivity contribution is 5.56. The van der Waals surface area contributed by atoms with E-state index in [2.05, 4.69) is 10.1 Å². The molecule has 0 spiro atoms. The first-order chi connectivity index (χ1) is 8.54. The average molecular weight is 255 g/mol. The summed E-state index contributed by atoms with van der Waals surface area (Å²) >= 11 is 0. The molecule has 6 heteroatoms. The fraction of sp³-hybridized carbons (Fsp3) is 0.333. The van der Waals surface area contributed by atoms with Crippen molar-refractivity contribution in [1.82, 2.24) is 14.8 Å². The number of nitrogens with zero attached hydrogens (tertiary/aromatic N) is 3. The smallest absolute Gasteiger partial charge is 0.195 e. The monoisotopic (exact) mass is 255 g/mol. The van der Waals surface area contributed by atoms with E-state index >= 15 is 0 Å². The Balaban J connectivity index is 2.58. The average Bonchev–Trinajstić information content (AvgIpc) is 2.68. The third-order valence-electron chi connectivity index (χ3n) is 2.49. The summed E-state index contributed by atoms with van der Waals surface area (Å²) in [7, 11) is 0. The van der Waals surface area contributed by atoms with Crippen LogP contribution >= 0.6 is 0 Å². The van der Waals surface area contributed by atoms with Gasteiger partial charge in [0.2, 0.25) is 0 Å². The van der Waals surface area contributed by atoms with Crippen LogP contribution in [-0.2, 0) is 6.54 Å². The molecular formula is C12H12F3N3. The Morgan fingerprint density at radius 3 is 2.56 bits per heavy atom. The first kappa shape index (κ1) is 12.6. The number of aryl methyl sites for hydroxylation is 2. The van der Waals surface area contributed by atoms with E-state index < -0.39 is 17.5 Å². The minimum absolute atomic E-state index is 0.0806. The number of halogens is 3. The van der Waals surface area contributed by atoms with Gasteiger partial charge in [0.05, 0.1) is 5.56 Å². The molecule has 0 amide bonds. The largest absolute Gasteiger partial charge is 0.245 e. The van der Waals surface area contributed by atoms with Crippen LogP contribution in [0, 0.1) is 24.4 Å². The van der Waals surface area contributed by atoms with Gasteiger partial charge in [-0.15, -0.1) is 0 Å². The second kappa shape index (κ2) is 4.80. The van der Waals surface area contributed by atoms with Gasteiger partial charge in [0.1, 0.15) is 5.82 Å². The molecule has 0 atom stereocenters. The molecule has 1 aromatic heterocycles. The zero-order valence-electron chi connectivity index (χ0n) is 10.0. The van der Waals surface area contributed by atoms with Crippen LogP contribution in [-0.4, -0.2) is 14.8 Å². The van der Waals surface area contributed by atoms with Crippen LogP contribution in [0.5, 0.6) is 0 Å². The molecule has 2 aromatic rings. The third kappa shape index (κ3) is 2.10. The molecule has 0 fully saturated rings. The molecule has 96 valence electrons. The molecular weight excluding hydrogens is 243 g/mol. The molecule has 0 bridgehead atoms. The maximum Gasteiger partial charge on any atom is 0.195 e. The Bertz CT molecular complexity index is 578. The predicted octanol–water partition coefficient (Wildman–Crippen LogP) is 3.08. The topological polar surface area (TPSA) is 30.7 Å². The van der Waals surface area contributed by atoms with E-state index in [1.54, 1.807) is 6.92 Å². The molecule has 18 heavy (non-hydrogen) atoms. The minimum Gasteiger partial charge on any atom is -0.245 e. The van der Waals surface area contributed by atoms with E-state index in [1.807, 2.05) is 6.92 Å². The Labute approximate surface area is 102 Å². The van der Waals surface area contributed by atoms with Gasteiger partial charge < -0.3 is 0 Å². The molecule has 0 radical (unpaired) electrons. The van der Waals surface area contributed by atoms with Crippen molar-refractivity contribution in [2.75, 3.05) is 0 Å². The van der Waals surface area contributed by atoms with Crippen LogP contribution in [0.1, 0.15) is 19.2 Å². The maximum absolute atomic E-state index is 13.7. The first-order valence-electron chi connectivity index (χ1n) is 5.60. The Morgan fingerprint density at radius 1 is 1.17 bits per heavy atom. The second-order valence-electron chi connectivity index (χ2n) is 3.93. The zero-order chi connectivity index (χ0) is 13.3. The lowest BCUT2D eigenvalue weighted by Gasteiger charge is -2.06. The number of hydrogen-bond donors (Lipinski definition) is 0. The van der Waals surface area contributed by atoms with Crippen molar-refractivity contribution >= 4 is 0 Å². The minimum atomic E-state index is -1.49. The van der Waals surface area contributed by atoms with Crippen LogP contribution in [0.25, 0.3) is 11.4 Å². The van der Waals surface area contributed by atoms with Gasteiger partial charge in [0.25, 0.3) is 0 Å². The lowest BCUT2D eigenvalue weighted by Crippen LogP contribution is -2.04. The highest BCUT2D eigenvalue weighted by Crippen LogP contribution is 2.24. The van der Waals surface area contributed by atoms with Crippen LogP contribution in [0.2, 0.25) is 0 Å². The van der Waals surface area contributed by atoms with E-state index in [1.165, 1.54) is 10.7 Å². The zero-order valence-corrected chi connectivity index (χ0v) is 10.0. The molecule has 0 aliphatic heterocycles. The summed E-state index contributed by atoms with van der Waals surface area (Å²) in [6.45, 7) is 4.13. The normalized spacial score (nSPS) is 10.9. The summed E-state index contributed by atoms with van der Waals surface area (Å²) in [4.78, 5) is 4.05. The van der Waals surface area contributed by atoms with Crippen molar-refractivity contribution in [3.05, 3.63) is 35.4 Å². The van der Waals surface area contributed by atoms with Gasteiger partial charge in [-0.25, -0.2) is 22.8 Å². The fourth-order valence-corrected chi connectivity index (χ4v) is 1.72. The molecule has 1 aromatic carbocycles. The van der Waals surface area contributed by atoms with Crippen molar-refractivity contribution in [3.8, 4) is 11.4 Å². The molecule has 0 aliphatic carbocycles. The van der Waals surface area contributed by atoms with Crippen LogP contribution < -0.4 is 0 Å². The Morgan fingerprint density at radius 2 is 1.89 bits per heavy atom. The molecule has 0 N–H and O–H groups in total. The van der Waals surface area contributed by atoms with Gasteiger partial charge in [-0.2, -0.15) is 5.10 Å². The number of benzene rings is 1. The van der Waals surface area contributed by atoms with Crippen molar-refractivity contribution in [1.29, 1.82) is 0 Å². The number of aromatic nitrogens is 3. The Kier molecular flexibility index (Phi) is 3.36. The number of hydrogen-bond acceptors (Lipinski definition) is 2. The van der Waals surface area contributed by atoms with Gasteiger partial charge in [-0.3, -0.25) is 0 Å². The lowest BCUT2D eigenvalue weighted by atomic mass is 10.2.